The zero-order valence-electron chi connectivity index (χ0n) is 4.38. The van der Waals surface area contributed by atoms with E-state index in [9.17, 15) is 4.79 Å². The van der Waals surface area contributed by atoms with Gasteiger partial charge in [0.25, 0.3) is 0 Å². The second kappa shape index (κ2) is 8.27. The van der Waals surface area contributed by atoms with Gasteiger partial charge in [-0.1, -0.05) is 0 Å². The van der Waals surface area contributed by atoms with Crippen molar-refractivity contribution >= 4 is 53.0 Å². The molecule has 0 fully saturated rings. The van der Waals surface area contributed by atoms with Crippen molar-refractivity contribution in [3.8, 4) is 0 Å². The molecule has 0 aromatic carbocycles. The topological polar surface area (TPSA) is 38.7 Å². The van der Waals surface area contributed by atoms with Crippen LogP contribution in [0.1, 0.15) is 6.92 Å². The molecule has 0 N–H and O–H groups in total. The molecule has 0 saturated carbocycles. The molecule has 0 aromatic rings. The van der Waals surface area contributed by atoms with Gasteiger partial charge in [0.2, 0.25) is 0 Å². The minimum absolute atomic E-state index is 0. The Morgan fingerprint density at radius 1 is 1.89 bits per heavy atom. The molecule has 0 aliphatic rings. The molecule has 0 spiro atoms. The van der Waals surface area contributed by atoms with Gasteiger partial charge in [0.15, 0.2) is 0 Å². The van der Waals surface area contributed by atoms with Crippen molar-refractivity contribution in [2.75, 3.05) is 6.61 Å². The molecule has 0 aliphatic carbocycles. The van der Waals surface area contributed by atoms with Gasteiger partial charge in [0.05, 0.1) is 11.8 Å². The molecule has 0 aromatic heterocycles. The van der Waals surface area contributed by atoms with E-state index in [0.717, 1.165) is 0 Å². The van der Waals surface area contributed by atoms with Gasteiger partial charge in [-0.05, 0) is 19.1 Å². The van der Waals surface area contributed by atoms with Crippen molar-refractivity contribution in [2.45, 2.75) is 6.92 Å². The van der Waals surface area contributed by atoms with Crippen LogP contribution >= 0.6 is 12.2 Å². The predicted molar refractivity (Wildman–Crippen MR) is 39.2 cm³/mol. The summed E-state index contributed by atoms with van der Waals surface area (Å²) < 4.78 is 4.35. The standard InChI is InChI=1S/C4H5NO2S.Na.H/c1-2-7-4(6)5-3-8;;/h2H2,1H3;;. The van der Waals surface area contributed by atoms with E-state index in [4.69, 9.17) is 0 Å². The van der Waals surface area contributed by atoms with E-state index >= 15 is 0 Å². The summed E-state index contributed by atoms with van der Waals surface area (Å²) in [5, 5.41) is 1.89. The molecule has 0 unspecified atom stereocenters. The van der Waals surface area contributed by atoms with Gasteiger partial charge in [-0.15, -0.1) is 4.99 Å². The third-order valence-electron chi connectivity index (χ3n) is 0.405. The summed E-state index contributed by atoms with van der Waals surface area (Å²) in [6, 6.07) is 0. The SMILES string of the molecule is CCOC(=O)N=C=S.[NaH]. The Morgan fingerprint density at radius 2 is 2.44 bits per heavy atom. The van der Waals surface area contributed by atoms with Crippen LogP contribution in [0.15, 0.2) is 4.99 Å². The van der Waals surface area contributed by atoms with E-state index in [1.165, 1.54) is 0 Å². The number of carbonyl (C=O) groups excluding carboxylic acids is 1. The van der Waals surface area contributed by atoms with Crippen LogP contribution in [-0.2, 0) is 4.74 Å². The van der Waals surface area contributed by atoms with Crippen LogP contribution < -0.4 is 0 Å². The second-order valence-electron chi connectivity index (χ2n) is 0.902. The Hall–Kier alpha value is 0.270. The number of rotatable bonds is 1. The van der Waals surface area contributed by atoms with E-state index in [1.54, 1.807) is 6.92 Å². The average molecular weight is 155 g/mol. The van der Waals surface area contributed by atoms with Gasteiger partial charge in [-0.25, -0.2) is 4.79 Å². The van der Waals surface area contributed by atoms with Crippen molar-refractivity contribution in [3.05, 3.63) is 0 Å². The summed E-state index contributed by atoms with van der Waals surface area (Å²) in [6.45, 7) is 2.01. The van der Waals surface area contributed by atoms with Crippen LogP contribution in [0, 0.1) is 0 Å². The quantitative estimate of drug-likeness (QED) is 0.316. The van der Waals surface area contributed by atoms with Crippen molar-refractivity contribution in [1.82, 2.24) is 0 Å². The third kappa shape index (κ3) is 8.27. The molecule has 9 heavy (non-hydrogen) atoms. The molecule has 0 saturated heterocycles. The summed E-state index contributed by atoms with van der Waals surface area (Å²) >= 11 is 4.12. The number of isothiocyanates is 1. The molecule has 1 amide bonds. The summed E-state index contributed by atoms with van der Waals surface area (Å²) in [6.07, 6.45) is -0.678. The summed E-state index contributed by atoms with van der Waals surface area (Å²) in [5.41, 5.74) is 0. The molecule has 5 heteroatoms. The first kappa shape index (κ1) is 12.0. The Labute approximate surface area is 80.8 Å². The zero-order chi connectivity index (χ0) is 6.41. The number of nitrogens with zero attached hydrogens (tertiary/aromatic N) is 1. The average Bonchev–Trinajstić information content (AvgIpc) is 1.68. The molecule has 3 nitrogen and oxygen atoms in total. The van der Waals surface area contributed by atoms with Gasteiger partial charge < -0.3 is 4.74 Å². The molecular weight excluding hydrogens is 149 g/mol. The van der Waals surface area contributed by atoms with Gasteiger partial charge in [-0.2, -0.15) is 0 Å². The Balaban J connectivity index is 0. The van der Waals surface area contributed by atoms with E-state index < -0.39 is 6.09 Å². The zero-order valence-corrected chi connectivity index (χ0v) is 5.20. The third-order valence-corrected chi connectivity index (χ3v) is 0.496. The molecule has 46 valence electrons. The van der Waals surface area contributed by atoms with Crippen LogP contribution in [0.3, 0.4) is 0 Å². The summed E-state index contributed by atoms with van der Waals surface area (Å²) in [4.78, 5) is 13.1. The normalized spacial score (nSPS) is 6.33. The number of amides is 1. The second-order valence-corrected chi connectivity index (χ2v) is 1.08. The van der Waals surface area contributed by atoms with E-state index in [0.29, 0.717) is 6.61 Å². The number of hydrogen-bond donors (Lipinski definition) is 0. The maximum absolute atomic E-state index is 10.1. The Morgan fingerprint density at radius 3 is 2.78 bits per heavy atom. The van der Waals surface area contributed by atoms with E-state index in [-0.39, 0.29) is 29.6 Å². The fourth-order valence-electron chi connectivity index (χ4n) is 0.193. The molecule has 0 radical (unpaired) electrons. The molecule has 0 aliphatic heterocycles. The van der Waals surface area contributed by atoms with Crippen LogP contribution in [0.4, 0.5) is 4.79 Å². The van der Waals surface area contributed by atoms with Crippen LogP contribution in [0.2, 0.25) is 0 Å². The maximum atomic E-state index is 10.1. The Kier molecular flexibility index (Phi) is 11.0. The van der Waals surface area contributed by atoms with Crippen LogP contribution in [0.5, 0.6) is 0 Å². The Bertz CT molecular complexity index is 133. The fraction of sp³-hybridized carbons (Fsp3) is 0.500. The van der Waals surface area contributed by atoms with Gasteiger partial charge in [-0.3, -0.25) is 0 Å². The summed E-state index contributed by atoms with van der Waals surface area (Å²) in [5.74, 6) is 0. The molecule has 0 atom stereocenters. The van der Waals surface area contributed by atoms with Crippen LogP contribution in [-0.4, -0.2) is 47.4 Å². The van der Waals surface area contributed by atoms with E-state index in [1.807, 2.05) is 5.16 Å². The first-order valence-electron chi connectivity index (χ1n) is 2.06. The number of hydrogen-bond acceptors (Lipinski definition) is 3. The summed E-state index contributed by atoms with van der Waals surface area (Å²) in [7, 11) is 0. The minimum atomic E-state index is -0.678. The molecule has 0 bridgehead atoms. The fourth-order valence-corrected chi connectivity index (χ4v) is 0.268. The first-order valence-corrected chi connectivity index (χ1v) is 2.46. The van der Waals surface area contributed by atoms with Crippen molar-refractivity contribution < 1.29 is 9.53 Å². The first-order chi connectivity index (χ1) is 3.81. The van der Waals surface area contributed by atoms with Gasteiger partial charge >= 0.3 is 35.7 Å². The van der Waals surface area contributed by atoms with Crippen molar-refractivity contribution in [2.24, 2.45) is 4.99 Å². The number of carbonyl (C=O) groups is 1. The molecular formula is C4H6NNaO2S. The van der Waals surface area contributed by atoms with Crippen molar-refractivity contribution in [1.29, 1.82) is 0 Å². The van der Waals surface area contributed by atoms with Gasteiger partial charge in [0.1, 0.15) is 0 Å². The number of aliphatic imine (C=N–C) groups is 1. The van der Waals surface area contributed by atoms with Gasteiger partial charge in [0, 0.05) is 0 Å². The number of ether oxygens (including phenoxy) is 1. The monoisotopic (exact) mass is 155 g/mol. The molecule has 0 rings (SSSR count). The van der Waals surface area contributed by atoms with Crippen molar-refractivity contribution in [3.63, 3.8) is 0 Å². The van der Waals surface area contributed by atoms with Crippen LogP contribution in [0.25, 0.3) is 0 Å². The predicted octanol–water partition coefficient (Wildman–Crippen LogP) is 0.597. The molecule has 0 heterocycles. The van der Waals surface area contributed by atoms with E-state index in [2.05, 4.69) is 21.9 Å². The number of thiocarbonyl (C=S) groups is 1.